The van der Waals surface area contributed by atoms with Crippen molar-refractivity contribution in [3.05, 3.63) is 29.6 Å². The second kappa shape index (κ2) is 6.04. The predicted octanol–water partition coefficient (Wildman–Crippen LogP) is 2.91. The Balaban J connectivity index is 1.68. The van der Waals surface area contributed by atoms with E-state index >= 15 is 0 Å². The zero-order valence-electron chi connectivity index (χ0n) is 14.7. The molecule has 3 heterocycles. The average molecular weight is 365 g/mol. The molecule has 1 aromatic carbocycles. The summed E-state index contributed by atoms with van der Waals surface area (Å²) in [6.45, 7) is 0. The summed E-state index contributed by atoms with van der Waals surface area (Å²) >= 11 is 0. The molecule has 1 aliphatic carbocycles. The first kappa shape index (κ1) is 16.2. The molecule has 2 amide bonds. The van der Waals surface area contributed by atoms with Crippen LogP contribution in [0.4, 0.5) is 0 Å². The van der Waals surface area contributed by atoms with Gasteiger partial charge < -0.3 is 14.3 Å². The van der Waals surface area contributed by atoms with Crippen LogP contribution >= 0.6 is 0 Å². The maximum Gasteiger partial charge on any atom is 0.235 e. The maximum atomic E-state index is 12.4. The van der Waals surface area contributed by atoms with Crippen LogP contribution < -0.4 is 5.32 Å². The van der Waals surface area contributed by atoms with E-state index in [4.69, 9.17) is 4.52 Å². The third-order valence-electron chi connectivity index (χ3n) is 6.00. The highest BCUT2D eigenvalue weighted by atomic mass is 16.5. The number of fused-ring (bicyclic) bond motifs is 3. The molecule has 1 aliphatic heterocycles. The van der Waals surface area contributed by atoms with Gasteiger partial charge in [0.25, 0.3) is 0 Å². The van der Waals surface area contributed by atoms with Crippen LogP contribution in [0.1, 0.15) is 55.2 Å². The van der Waals surface area contributed by atoms with Gasteiger partial charge in [-0.3, -0.25) is 14.9 Å². The summed E-state index contributed by atoms with van der Waals surface area (Å²) in [5.41, 5.74) is 3.28. The van der Waals surface area contributed by atoms with Crippen LogP contribution in [0.25, 0.3) is 21.9 Å². The number of hydrogen-bond donors (Lipinski definition) is 2. The van der Waals surface area contributed by atoms with Crippen LogP contribution in [0.3, 0.4) is 0 Å². The molecular formula is C20H19N3O4. The highest BCUT2D eigenvalue weighted by Gasteiger charge is 2.35. The zero-order chi connectivity index (χ0) is 18.5. The molecule has 138 valence electrons. The van der Waals surface area contributed by atoms with Gasteiger partial charge in [-0.2, -0.15) is 0 Å². The Hall–Kier alpha value is -2.96. The Morgan fingerprint density at radius 1 is 1.22 bits per heavy atom. The Morgan fingerprint density at radius 2 is 2.11 bits per heavy atom. The highest BCUT2D eigenvalue weighted by Crippen LogP contribution is 2.44. The molecular weight excluding hydrogens is 346 g/mol. The minimum absolute atomic E-state index is 0.0851. The van der Waals surface area contributed by atoms with E-state index in [1.807, 2.05) is 12.3 Å². The van der Waals surface area contributed by atoms with Gasteiger partial charge in [-0.15, -0.1) is 0 Å². The normalized spacial score (nSPS) is 26.0. The van der Waals surface area contributed by atoms with E-state index in [1.165, 1.54) is 0 Å². The minimum Gasteiger partial charge on any atom is -0.361 e. The van der Waals surface area contributed by atoms with E-state index < -0.39 is 5.92 Å². The highest BCUT2D eigenvalue weighted by molar-refractivity contribution is 6.10. The molecule has 2 N–H and O–H groups in total. The smallest absolute Gasteiger partial charge is 0.235 e. The number of nitrogens with one attached hydrogen (secondary N) is 2. The van der Waals surface area contributed by atoms with Gasteiger partial charge in [0, 0.05) is 35.0 Å². The van der Waals surface area contributed by atoms with Crippen molar-refractivity contribution in [2.75, 3.05) is 0 Å². The van der Waals surface area contributed by atoms with E-state index in [-0.39, 0.29) is 23.7 Å². The number of imide groups is 1. The van der Waals surface area contributed by atoms with Gasteiger partial charge in [0.1, 0.15) is 12.0 Å². The van der Waals surface area contributed by atoms with E-state index in [9.17, 15) is 14.4 Å². The molecule has 3 aromatic rings. The van der Waals surface area contributed by atoms with Crippen molar-refractivity contribution in [2.24, 2.45) is 5.92 Å². The molecule has 0 bridgehead atoms. The van der Waals surface area contributed by atoms with Crippen molar-refractivity contribution in [3.8, 4) is 0 Å². The van der Waals surface area contributed by atoms with E-state index in [1.54, 1.807) is 0 Å². The standard InChI is InChI=1S/C20H19N3O4/c24-9-10-1-2-11(7-10)14-8-15-12(5-6-21-15)17-18(23-27-19(14)17)13-3-4-16(25)22-20(13)26/h5-6,8-11,13,21H,1-4,7H2,(H,22,25,26)/t10-,11?,13?/m1/s1. The molecule has 2 unspecified atom stereocenters. The maximum absolute atomic E-state index is 12.4. The molecule has 0 radical (unpaired) electrons. The molecule has 1 saturated heterocycles. The minimum atomic E-state index is -0.497. The van der Waals surface area contributed by atoms with Crippen molar-refractivity contribution in [1.29, 1.82) is 0 Å². The second-order valence-electron chi connectivity index (χ2n) is 7.59. The molecule has 0 spiro atoms. The van der Waals surface area contributed by atoms with Crippen molar-refractivity contribution >= 4 is 40.0 Å². The Morgan fingerprint density at radius 3 is 2.89 bits per heavy atom. The first-order chi connectivity index (χ1) is 13.2. The SMILES string of the molecule is O=C[C@@H]1CCC(c2cc3[nH]ccc3c3c(C4CCC(=O)NC4=O)noc23)C1. The molecule has 1 saturated carbocycles. The number of carbonyl (C=O) groups excluding carboxylic acids is 3. The van der Waals surface area contributed by atoms with E-state index in [0.29, 0.717) is 24.1 Å². The lowest BCUT2D eigenvalue weighted by molar-refractivity contribution is -0.134. The van der Waals surface area contributed by atoms with Crippen LogP contribution in [0, 0.1) is 5.92 Å². The van der Waals surface area contributed by atoms with Crippen molar-refractivity contribution < 1.29 is 18.9 Å². The molecule has 2 aromatic heterocycles. The van der Waals surface area contributed by atoms with E-state index in [2.05, 4.69) is 21.5 Å². The number of aldehydes is 1. The van der Waals surface area contributed by atoms with Crippen molar-refractivity contribution in [3.63, 3.8) is 0 Å². The van der Waals surface area contributed by atoms with Gasteiger partial charge in [-0.1, -0.05) is 5.16 Å². The lowest BCUT2D eigenvalue weighted by Crippen LogP contribution is -2.39. The van der Waals surface area contributed by atoms with Crippen LogP contribution in [-0.2, 0) is 14.4 Å². The van der Waals surface area contributed by atoms with Gasteiger partial charge in [0.2, 0.25) is 11.8 Å². The van der Waals surface area contributed by atoms with Crippen LogP contribution in [0.2, 0.25) is 0 Å². The summed E-state index contributed by atoms with van der Waals surface area (Å²) in [5.74, 6) is -0.747. The lowest BCUT2D eigenvalue weighted by Gasteiger charge is -2.19. The number of amides is 2. The third kappa shape index (κ3) is 2.49. The van der Waals surface area contributed by atoms with Gasteiger partial charge in [-0.05, 0) is 43.7 Å². The molecule has 27 heavy (non-hydrogen) atoms. The van der Waals surface area contributed by atoms with Crippen LogP contribution in [0.5, 0.6) is 0 Å². The number of aromatic amines is 1. The quantitative estimate of drug-likeness (QED) is 0.548. The summed E-state index contributed by atoms with van der Waals surface area (Å²) in [6.07, 6.45) is 6.24. The fourth-order valence-corrected chi connectivity index (χ4v) is 4.62. The summed E-state index contributed by atoms with van der Waals surface area (Å²) in [6, 6.07) is 4.03. The number of benzene rings is 1. The van der Waals surface area contributed by atoms with Gasteiger partial charge >= 0.3 is 0 Å². The lowest BCUT2D eigenvalue weighted by atomic mass is 9.89. The summed E-state index contributed by atoms with van der Waals surface area (Å²) in [7, 11) is 0. The summed E-state index contributed by atoms with van der Waals surface area (Å²) in [4.78, 5) is 38.3. The number of piperidine rings is 1. The summed E-state index contributed by atoms with van der Waals surface area (Å²) in [5, 5.41) is 8.46. The molecule has 7 nitrogen and oxygen atoms in total. The Kier molecular flexibility index (Phi) is 3.63. The topological polar surface area (TPSA) is 105 Å². The van der Waals surface area contributed by atoms with Crippen molar-refractivity contribution in [2.45, 2.75) is 43.9 Å². The molecule has 7 heteroatoms. The Bertz CT molecular complexity index is 1080. The number of rotatable bonds is 3. The Labute approximate surface area is 154 Å². The third-order valence-corrected chi connectivity index (χ3v) is 6.00. The zero-order valence-corrected chi connectivity index (χ0v) is 14.7. The molecule has 2 aliphatic rings. The first-order valence-corrected chi connectivity index (χ1v) is 9.34. The average Bonchev–Trinajstić information content (AvgIpc) is 3.39. The van der Waals surface area contributed by atoms with Gasteiger partial charge in [0.05, 0.1) is 11.3 Å². The fraction of sp³-hybridized carbons (Fsp3) is 0.400. The van der Waals surface area contributed by atoms with Crippen LogP contribution in [-0.4, -0.2) is 28.2 Å². The van der Waals surface area contributed by atoms with Gasteiger partial charge in [-0.25, -0.2) is 0 Å². The predicted molar refractivity (Wildman–Crippen MR) is 97.1 cm³/mol. The number of nitrogens with zero attached hydrogens (tertiary/aromatic N) is 1. The van der Waals surface area contributed by atoms with Crippen LogP contribution in [0.15, 0.2) is 22.9 Å². The summed E-state index contributed by atoms with van der Waals surface area (Å²) < 4.78 is 5.75. The van der Waals surface area contributed by atoms with E-state index in [0.717, 1.165) is 47.4 Å². The fourth-order valence-electron chi connectivity index (χ4n) is 4.62. The number of hydrogen-bond acceptors (Lipinski definition) is 5. The largest absolute Gasteiger partial charge is 0.361 e. The monoisotopic (exact) mass is 365 g/mol. The number of carbonyl (C=O) groups is 3. The number of H-pyrrole nitrogens is 1. The first-order valence-electron chi connectivity index (χ1n) is 9.34. The number of aromatic nitrogens is 2. The second-order valence-corrected chi connectivity index (χ2v) is 7.59. The molecule has 3 atom stereocenters. The van der Waals surface area contributed by atoms with Gasteiger partial charge in [0.15, 0.2) is 5.58 Å². The molecule has 5 rings (SSSR count). The van der Waals surface area contributed by atoms with Crippen molar-refractivity contribution in [1.82, 2.24) is 15.5 Å². The molecule has 2 fully saturated rings.